The molecule has 1 fully saturated rings. The van der Waals surface area contributed by atoms with E-state index in [4.69, 9.17) is 9.47 Å². The van der Waals surface area contributed by atoms with Crippen LogP contribution in [0.5, 0.6) is 0 Å². The Balaban J connectivity index is 2.01. The lowest BCUT2D eigenvalue weighted by molar-refractivity contribution is -0.305. The van der Waals surface area contributed by atoms with Crippen molar-refractivity contribution in [3.05, 3.63) is 0 Å². The highest BCUT2D eigenvalue weighted by Gasteiger charge is 2.44. The van der Waals surface area contributed by atoms with Crippen LogP contribution < -0.4 is 0 Å². The Kier molecular flexibility index (Phi) is 17.6. The molecule has 8 nitrogen and oxygen atoms in total. The van der Waals surface area contributed by atoms with Gasteiger partial charge in [0.15, 0.2) is 6.29 Å². The van der Waals surface area contributed by atoms with Crippen molar-refractivity contribution in [1.82, 2.24) is 0 Å². The quantitative estimate of drug-likeness (QED) is 0.147. The Morgan fingerprint density at radius 2 is 1.15 bits per heavy atom. The van der Waals surface area contributed by atoms with E-state index in [0.717, 1.165) is 19.3 Å². The zero-order valence-electron chi connectivity index (χ0n) is 20.6. The topological polar surface area (TPSA) is 140 Å². The normalized spacial score (nSPS) is 27.5. The first-order valence-electron chi connectivity index (χ1n) is 13.2. The molecule has 6 N–H and O–H groups in total. The molecule has 0 unspecified atom stereocenters. The summed E-state index contributed by atoms with van der Waals surface area (Å²) < 4.78 is 10.5. The number of hydrogen-bond donors (Lipinski definition) is 6. The second-order valence-corrected chi connectivity index (χ2v) is 9.55. The summed E-state index contributed by atoms with van der Waals surface area (Å²) >= 11 is 0. The summed E-state index contributed by atoms with van der Waals surface area (Å²) in [6, 6.07) is 0. The highest BCUT2D eigenvalue weighted by Crippen LogP contribution is 2.22. The number of unbranched alkanes of at least 4 members (excludes halogenated alkanes) is 13. The fraction of sp³-hybridized carbons (Fsp3) is 1.00. The lowest BCUT2D eigenvalue weighted by Crippen LogP contribution is -2.59. The molecule has 0 radical (unpaired) electrons. The number of aliphatic hydroxyl groups is 6. The van der Waals surface area contributed by atoms with Crippen molar-refractivity contribution in [2.45, 2.75) is 146 Å². The van der Waals surface area contributed by atoms with Crippen LogP contribution in [0, 0.1) is 0 Å². The minimum atomic E-state index is -1.53. The van der Waals surface area contributed by atoms with Crippen LogP contribution in [0.3, 0.4) is 0 Å². The van der Waals surface area contributed by atoms with E-state index in [1.165, 1.54) is 70.6 Å². The molecule has 0 saturated carbocycles. The largest absolute Gasteiger partial charge is 0.394 e. The molecule has 8 heteroatoms. The Bertz CT molecular complexity index is 450. The van der Waals surface area contributed by atoms with Crippen LogP contribution in [0.1, 0.15) is 103 Å². The summed E-state index contributed by atoms with van der Waals surface area (Å²) in [5, 5.41) is 58.9. The minimum absolute atomic E-state index is 0.289. The number of hydrogen-bond acceptors (Lipinski definition) is 8. The molecule has 0 bridgehead atoms. The van der Waals surface area contributed by atoms with Gasteiger partial charge in [0.1, 0.15) is 30.5 Å². The zero-order valence-corrected chi connectivity index (χ0v) is 20.6. The first-order chi connectivity index (χ1) is 15.9. The van der Waals surface area contributed by atoms with Gasteiger partial charge in [0.05, 0.1) is 19.3 Å². The number of rotatable bonds is 20. The highest BCUT2D eigenvalue weighted by molar-refractivity contribution is 4.89. The standard InChI is InChI=1S/C25H50O8/c1-2-3-4-5-6-7-8-9-10-11-12-13-14-15-16-19(27)20(28)18-32-25-24(31)23(30)22(29)21(17-26)33-25/h19-31H,2-18H2,1H3/t19-,20-,21-,22+,23+,24-,25+/m1/s1. The Morgan fingerprint density at radius 3 is 1.64 bits per heavy atom. The molecule has 1 aliphatic heterocycles. The molecule has 33 heavy (non-hydrogen) atoms. The van der Waals surface area contributed by atoms with Gasteiger partial charge in [0, 0.05) is 0 Å². The SMILES string of the molecule is CCCCCCCCCCCCCCCC[C@@H](O)[C@H](O)CO[C@H]1O[C@H](CO)[C@H](O)[C@H](O)[C@H]1O. The van der Waals surface area contributed by atoms with Crippen molar-refractivity contribution in [3.63, 3.8) is 0 Å². The second-order valence-electron chi connectivity index (χ2n) is 9.55. The van der Waals surface area contributed by atoms with Crippen LogP contribution >= 0.6 is 0 Å². The van der Waals surface area contributed by atoms with E-state index in [-0.39, 0.29) is 6.61 Å². The predicted molar refractivity (Wildman–Crippen MR) is 127 cm³/mol. The van der Waals surface area contributed by atoms with Crippen LogP contribution in [0.2, 0.25) is 0 Å². The van der Waals surface area contributed by atoms with Gasteiger partial charge in [-0.1, -0.05) is 96.8 Å². The third kappa shape index (κ3) is 12.8. The number of aliphatic hydroxyl groups excluding tert-OH is 6. The Labute approximate surface area is 199 Å². The van der Waals surface area contributed by atoms with Gasteiger partial charge >= 0.3 is 0 Å². The maximum atomic E-state index is 10.1. The van der Waals surface area contributed by atoms with E-state index < -0.39 is 49.5 Å². The van der Waals surface area contributed by atoms with Crippen molar-refractivity contribution in [1.29, 1.82) is 0 Å². The van der Waals surface area contributed by atoms with Gasteiger partial charge in [-0.15, -0.1) is 0 Å². The van der Waals surface area contributed by atoms with Gasteiger partial charge in [-0.3, -0.25) is 0 Å². The first kappa shape index (κ1) is 30.7. The fourth-order valence-corrected chi connectivity index (χ4v) is 4.25. The van der Waals surface area contributed by atoms with E-state index in [2.05, 4.69) is 6.92 Å². The van der Waals surface area contributed by atoms with Crippen molar-refractivity contribution >= 4 is 0 Å². The smallest absolute Gasteiger partial charge is 0.186 e. The molecule has 198 valence electrons. The average molecular weight is 479 g/mol. The van der Waals surface area contributed by atoms with Crippen molar-refractivity contribution in [3.8, 4) is 0 Å². The molecule has 1 rings (SSSR count). The summed E-state index contributed by atoms with van der Waals surface area (Å²) in [5.41, 5.74) is 0. The van der Waals surface area contributed by atoms with Crippen LogP contribution in [-0.4, -0.2) is 86.8 Å². The van der Waals surface area contributed by atoms with Crippen molar-refractivity contribution < 1.29 is 40.1 Å². The minimum Gasteiger partial charge on any atom is -0.394 e. The van der Waals surface area contributed by atoms with E-state index in [1.807, 2.05) is 0 Å². The van der Waals surface area contributed by atoms with Gasteiger partial charge in [0.2, 0.25) is 0 Å². The summed E-state index contributed by atoms with van der Waals surface area (Å²) in [7, 11) is 0. The first-order valence-corrected chi connectivity index (χ1v) is 13.2. The molecule has 7 atom stereocenters. The highest BCUT2D eigenvalue weighted by atomic mass is 16.7. The van der Waals surface area contributed by atoms with Crippen LogP contribution in [0.4, 0.5) is 0 Å². The average Bonchev–Trinajstić information content (AvgIpc) is 2.82. The third-order valence-corrected chi connectivity index (χ3v) is 6.58. The van der Waals surface area contributed by atoms with Gasteiger partial charge in [0.25, 0.3) is 0 Å². The van der Waals surface area contributed by atoms with Crippen LogP contribution in [-0.2, 0) is 9.47 Å². The zero-order chi connectivity index (χ0) is 24.5. The summed E-state index contributed by atoms with van der Waals surface area (Å²) in [6.07, 6.45) is 9.05. The van der Waals surface area contributed by atoms with Crippen molar-refractivity contribution in [2.75, 3.05) is 13.2 Å². The monoisotopic (exact) mass is 478 g/mol. The van der Waals surface area contributed by atoms with E-state index in [1.54, 1.807) is 0 Å². The lowest BCUT2D eigenvalue weighted by atomic mass is 9.99. The Morgan fingerprint density at radius 1 is 0.667 bits per heavy atom. The molecule has 0 spiro atoms. The van der Waals surface area contributed by atoms with Gasteiger partial charge in [-0.25, -0.2) is 0 Å². The molecule has 0 aliphatic carbocycles. The molecular weight excluding hydrogens is 428 g/mol. The fourth-order valence-electron chi connectivity index (χ4n) is 4.25. The van der Waals surface area contributed by atoms with Gasteiger partial charge < -0.3 is 40.1 Å². The molecule has 0 aromatic rings. The maximum Gasteiger partial charge on any atom is 0.186 e. The predicted octanol–water partition coefficient (Wildman–Crippen LogP) is 2.40. The maximum absolute atomic E-state index is 10.1. The van der Waals surface area contributed by atoms with Crippen LogP contribution in [0.25, 0.3) is 0 Å². The molecule has 1 saturated heterocycles. The summed E-state index contributed by atoms with van der Waals surface area (Å²) in [6.45, 7) is 1.41. The van der Waals surface area contributed by atoms with Gasteiger partial charge in [-0.2, -0.15) is 0 Å². The van der Waals surface area contributed by atoms with Gasteiger partial charge in [-0.05, 0) is 6.42 Å². The molecule has 0 aromatic carbocycles. The number of ether oxygens (including phenoxy) is 2. The van der Waals surface area contributed by atoms with E-state index >= 15 is 0 Å². The molecule has 1 aliphatic rings. The molecule has 1 heterocycles. The van der Waals surface area contributed by atoms with E-state index in [9.17, 15) is 30.6 Å². The lowest BCUT2D eigenvalue weighted by Gasteiger charge is -2.39. The molecular formula is C25H50O8. The summed E-state index contributed by atoms with van der Waals surface area (Å²) in [4.78, 5) is 0. The molecule has 0 aromatic heterocycles. The Hall–Kier alpha value is -0.320. The second kappa shape index (κ2) is 18.9. The molecule has 0 amide bonds. The van der Waals surface area contributed by atoms with Crippen LogP contribution in [0.15, 0.2) is 0 Å². The third-order valence-electron chi connectivity index (χ3n) is 6.58. The van der Waals surface area contributed by atoms with E-state index in [0.29, 0.717) is 6.42 Å². The van der Waals surface area contributed by atoms with Crippen molar-refractivity contribution in [2.24, 2.45) is 0 Å². The summed E-state index contributed by atoms with van der Waals surface area (Å²) in [5.74, 6) is 0.